The van der Waals surface area contributed by atoms with E-state index >= 15 is 0 Å². The van der Waals surface area contributed by atoms with Crippen molar-refractivity contribution in [2.75, 3.05) is 33.4 Å². The van der Waals surface area contributed by atoms with Gasteiger partial charge in [-0.1, -0.05) is 6.92 Å². The van der Waals surface area contributed by atoms with Crippen molar-refractivity contribution in [1.29, 1.82) is 0 Å². The molecule has 0 aromatic rings. The summed E-state index contributed by atoms with van der Waals surface area (Å²) >= 11 is 0. The first kappa shape index (κ1) is 14.9. The number of nitrogens with zero attached hydrogens (tertiary/aromatic N) is 1. The topological polar surface area (TPSA) is 24.5 Å². The third-order valence-electron chi connectivity index (χ3n) is 3.80. The molecule has 1 aliphatic heterocycles. The van der Waals surface area contributed by atoms with E-state index in [0.29, 0.717) is 0 Å². The van der Waals surface area contributed by atoms with Gasteiger partial charge in [-0.25, -0.2) is 0 Å². The van der Waals surface area contributed by atoms with Crippen LogP contribution in [0, 0.1) is 0 Å². The van der Waals surface area contributed by atoms with Crippen molar-refractivity contribution >= 4 is 0 Å². The Labute approximate surface area is 107 Å². The van der Waals surface area contributed by atoms with Gasteiger partial charge in [-0.2, -0.15) is 0 Å². The first-order valence-corrected chi connectivity index (χ1v) is 7.24. The van der Waals surface area contributed by atoms with Crippen LogP contribution >= 0.6 is 0 Å². The molecule has 17 heavy (non-hydrogen) atoms. The van der Waals surface area contributed by atoms with Gasteiger partial charge in [-0.3, -0.25) is 0 Å². The molecule has 1 aliphatic rings. The fourth-order valence-corrected chi connectivity index (χ4v) is 2.77. The molecule has 1 rings (SSSR count). The molecule has 3 heteroatoms. The van der Waals surface area contributed by atoms with Crippen molar-refractivity contribution < 1.29 is 4.74 Å². The zero-order valence-electron chi connectivity index (χ0n) is 11.9. The smallest absolute Gasteiger partial charge is 0.0462 e. The second-order valence-corrected chi connectivity index (χ2v) is 5.22. The second kappa shape index (κ2) is 8.90. The third-order valence-corrected chi connectivity index (χ3v) is 3.80. The number of rotatable bonds is 8. The highest BCUT2D eigenvalue weighted by Crippen LogP contribution is 2.17. The van der Waals surface area contributed by atoms with E-state index in [1.807, 2.05) is 0 Å². The standard InChI is InChI=1S/C14H30N2O/c1-4-15-14-8-10-16(13(2)12-14)9-6-5-7-11-17-3/h13-15H,4-12H2,1-3H3. The van der Waals surface area contributed by atoms with Crippen LogP contribution in [0.3, 0.4) is 0 Å². The van der Waals surface area contributed by atoms with Gasteiger partial charge in [0.2, 0.25) is 0 Å². The van der Waals surface area contributed by atoms with Crippen LogP contribution in [0.5, 0.6) is 0 Å². The molecular formula is C14H30N2O. The van der Waals surface area contributed by atoms with Crippen LogP contribution in [-0.2, 0) is 4.74 Å². The van der Waals surface area contributed by atoms with Gasteiger partial charge in [0.05, 0.1) is 0 Å². The van der Waals surface area contributed by atoms with Crippen LogP contribution in [0.1, 0.15) is 46.0 Å². The van der Waals surface area contributed by atoms with E-state index < -0.39 is 0 Å². The van der Waals surface area contributed by atoms with Crippen molar-refractivity contribution in [2.24, 2.45) is 0 Å². The first-order chi connectivity index (χ1) is 8.27. The zero-order chi connectivity index (χ0) is 12.5. The highest BCUT2D eigenvalue weighted by atomic mass is 16.5. The van der Waals surface area contributed by atoms with Gasteiger partial charge in [0.1, 0.15) is 0 Å². The SMILES string of the molecule is CCNC1CCN(CCCCCOC)C(C)C1. The molecular weight excluding hydrogens is 212 g/mol. The van der Waals surface area contributed by atoms with Crippen LogP contribution in [0.25, 0.3) is 0 Å². The average molecular weight is 242 g/mol. The van der Waals surface area contributed by atoms with E-state index in [-0.39, 0.29) is 0 Å². The van der Waals surface area contributed by atoms with E-state index in [1.165, 1.54) is 45.2 Å². The summed E-state index contributed by atoms with van der Waals surface area (Å²) < 4.78 is 5.07. The summed E-state index contributed by atoms with van der Waals surface area (Å²) in [6.07, 6.45) is 6.45. The molecule has 0 bridgehead atoms. The van der Waals surface area contributed by atoms with Crippen molar-refractivity contribution in [3.63, 3.8) is 0 Å². The molecule has 0 aromatic heterocycles. The summed E-state index contributed by atoms with van der Waals surface area (Å²) in [5.41, 5.74) is 0. The lowest BCUT2D eigenvalue weighted by atomic mass is 9.98. The van der Waals surface area contributed by atoms with Gasteiger partial charge in [0.15, 0.2) is 0 Å². The number of likely N-dealkylation sites (tertiary alicyclic amines) is 1. The minimum Gasteiger partial charge on any atom is -0.385 e. The van der Waals surface area contributed by atoms with Crippen LogP contribution in [0.4, 0.5) is 0 Å². The highest BCUT2D eigenvalue weighted by Gasteiger charge is 2.23. The van der Waals surface area contributed by atoms with E-state index in [0.717, 1.165) is 25.2 Å². The molecule has 0 amide bonds. The number of nitrogens with one attached hydrogen (secondary N) is 1. The number of methoxy groups -OCH3 is 1. The van der Waals surface area contributed by atoms with Gasteiger partial charge in [-0.15, -0.1) is 0 Å². The monoisotopic (exact) mass is 242 g/mol. The number of hydrogen-bond donors (Lipinski definition) is 1. The second-order valence-electron chi connectivity index (χ2n) is 5.22. The van der Waals surface area contributed by atoms with E-state index in [1.54, 1.807) is 7.11 Å². The third kappa shape index (κ3) is 5.84. The van der Waals surface area contributed by atoms with Gasteiger partial charge in [-0.05, 0) is 58.7 Å². The van der Waals surface area contributed by atoms with Crippen molar-refractivity contribution in [3.05, 3.63) is 0 Å². The lowest BCUT2D eigenvalue weighted by molar-refractivity contribution is 0.132. The number of hydrogen-bond acceptors (Lipinski definition) is 3. The molecule has 3 nitrogen and oxygen atoms in total. The van der Waals surface area contributed by atoms with Crippen molar-refractivity contribution in [1.82, 2.24) is 10.2 Å². The Morgan fingerprint density at radius 1 is 1.29 bits per heavy atom. The van der Waals surface area contributed by atoms with E-state index in [9.17, 15) is 0 Å². The fourth-order valence-electron chi connectivity index (χ4n) is 2.77. The van der Waals surface area contributed by atoms with Crippen molar-refractivity contribution in [2.45, 2.75) is 58.0 Å². The first-order valence-electron chi connectivity index (χ1n) is 7.24. The number of ether oxygens (including phenoxy) is 1. The summed E-state index contributed by atoms with van der Waals surface area (Å²) in [5.74, 6) is 0. The van der Waals surface area contributed by atoms with E-state index in [2.05, 4.69) is 24.1 Å². The van der Waals surface area contributed by atoms with Crippen LogP contribution in [0.2, 0.25) is 0 Å². The molecule has 1 saturated heterocycles. The minimum atomic E-state index is 0.746. The lowest BCUT2D eigenvalue weighted by Gasteiger charge is -2.38. The zero-order valence-corrected chi connectivity index (χ0v) is 11.9. The molecule has 0 saturated carbocycles. The molecule has 0 spiro atoms. The Balaban J connectivity index is 2.10. The number of piperidine rings is 1. The van der Waals surface area contributed by atoms with Gasteiger partial charge in [0, 0.05) is 25.8 Å². The Hall–Kier alpha value is -0.120. The lowest BCUT2D eigenvalue weighted by Crippen LogP contribution is -2.47. The summed E-state index contributed by atoms with van der Waals surface area (Å²) in [6.45, 7) is 9.13. The molecule has 0 aliphatic carbocycles. The normalized spacial score (nSPS) is 26.3. The largest absolute Gasteiger partial charge is 0.385 e. The van der Waals surface area contributed by atoms with Crippen molar-refractivity contribution in [3.8, 4) is 0 Å². The summed E-state index contributed by atoms with van der Waals surface area (Å²) in [5, 5.41) is 3.58. The van der Waals surface area contributed by atoms with Gasteiger partial charge >= 0.3 is 0 Å². The summed E-state index contributed by atoms with van der Waals surface area (Å²) in [4.78, 5) is 2.65. The highest BCUT2D eigenvalue weighted by molar-refractivity contribution is 4.82. The number of unbranched alkanes of at least 4 members (excludes halogenated alkanes) is 2. The molecule has 1 N–H and O–H groups in total. The maximum atomic E-state index is 5.07. The van der Waals surface area contributed by atoms with Gasteiger partial charge in [0.25, 0.3) is 0 Å². The minimum absolute atomic E-state index is 0.746. The Kier molecular flexibility index (Phi) is 7.82. The predicted molar refractivity (Wildman–Crippen MR) is 73.5 cm³/mol. The quantitative estimate of drug-likeness (QED) is 0.661. The molecule has 2 atom stereocenters. The Bertz CT molecular complexity index is 187. The molecule has 102 valence electrons. The Morgan fingerprint density at radius 3 is 2.76 bits per heavy atom. The van der Waals surface area contributed by atoms with Crippen LogP contribution in [-0.4, -0.2) is 50.3 Å². The molecule has 1 heterocycles. The molecule has 1 fully saturated rings. The van der Waals surface area contributed by atoms with Gasteiger partial charge < -0.3 is 15.0 Å². The fraction of sp³-hybridized carbons (Fsp3) is 1.00. The Morgan fingerprint density at radius 2 is 2.12 bits per heavy atom. The molecule has 0 radical (unpaired) electrons. The average Bonchev–Trinajstić information content (AvgIpc) is 2.32. The molecule has 2 unspecified atom stereocenters. The van der Waals surface area contributed by atoms with Crippen LogP contribution in [0.15, 0.2) is 0 Å². The van der Waals surface area contributed by atoms with Crippen LogP contribution < -0.4 is 5.32 Å². The summed E-state index contributed by atoms with van der Waals surface area (Å²) in [7, 11) is 1.79. The maximum Gasteiger partial charge on any atom is 0.0462 e. The summed E-state index contributed by atoms with van der Waals surface area (Å²) in [6, 6.07) is 1.50. The predicted octanol–water partition coefficient (Wildman–Crippen LogP) is 2.27. The molecule has 0 aromatic carbocycles. The maximum absolute atomic E-state index is 5.07. The van der Waals surface area contributed by atoms with E-state index in [4.69, 9.17) is 4.74 Å².